The highest BCUT2D eigenvalue weighted by Gasteiger charge is 2.35. The number of piperidine rings is 1. The number of anilines is 2. The summed E-state index contributed by atoms with van der Waals surface area (Å²) in [5, 5.41) is 14.0. The molecule has 3 heterocycles. The van der Waals surface area contributed by atoms with E-state index in [1.165, 1.54) is 23.5 Å². The predicted octanol–water partition coefficient (Wildman–Crippen LogP) is 1.18. The Morgan fingerprint density at radius 3 is 2.32 bits per heavy atom. The van der Waals surface area contributed by atoms with Gasteiger partial charge in [0.05, 0.1) is 9.82 Å². The highest BCUT2D eigenvalue weighted by Crippen LogP contribution is 2.31. The van der Waals surface area contributed by atoms with Crippen LogP contribution in [0, 0.1) is 16.0 Å². The van der Waals surface area contributed by atoms with E-state index in [1.54, 1.807) is 18.5 Å². The van der Waals surface area contributed by atoms with Crippen molar-refractivity contribution in [1.82, 2.24) is 19.2 Å². The number of piperazine rings is 1. The van der Waals surface area contributed by atoms with Gasteiger partial charge >= 0.3 is 0 Å². The lowest BCUT2D eigenvalue weighted by Gasteiger charge is -2.38. The fraction of sp³-hybridized carbons (Fsp3) is 0.476. The quantitative estimate of drug-likeness (QED) is 0.467. The molecule has 0 spiro atoms. The fourth-order valence-corrected chi connectivity index (χ4v) is 5.86. The van der Waals surface area contributed by atoms with Crippen LogP contribution < -0.4 is 10.2 Å². The zero-order valence-corrected chi connectivity index (χ0v) is 19.6. The number of benzene rings is 1. The number of carbonyl (C=O) groups excluding carboxylic acids is 1. The maximum Gasteiger partial charge on any atom is 0.293 e. The van der Waals surface area contributed by atoms with Crippen molar-refractivity contribution in [2.75, 3.05) is 56.5 Å². The van der Waals surface area contributed by atoms with Crippen molar-refractivity contribution in [2.24, 2.45) is 5.92 Å². The van der Waals surface area contributed by atoms with Gasteiger partial charge in [-0.25, -0.2) is 18.4 Å². The Balaban J connectivity index is 1.35. The molecule has 1 N–H and O–H groups in total. The van der Waals surface area contributed by atoms with Crippen molar-refractivity contribution in [3.05, 3.63) is 46.8 Å². The fourth-order valence-electron chi connectivity index (χ4n) is 4.37. The number of carbonyl (C=O) groups is 1. The van der Waals surface area contributed by atoms with Crippen LogP contribution in [0.5, 0.6) is 0 Å². The predicted molar refractivity (Wildman–Crippen MR) is 125 cm³/mol. The number of nitrogens with zero attached hydrogens (tertiary/aromatic N) is 6. The second kappa shape index (κ2) is 9.89. The standard InChI is InChI=1S/C21H27N7O5S/c1-22-18-4-3-17(15-19(18)28(30)31)34(32,33)27-9-5-16(6-10-27)20(29)25-11-13-26(14-12-25)21-23-7-2-8-24-21/h2-4,7-8,15-16,22H,5-6,9-14H2,1H3. The Hall–Kier alpha value is -3.32. The second-order valence-electron chi connectivity index (χ2n) is 8.23. The molecule has 0 atom stereocenters. The molecule has 1 aromatic heterocycles. The summed E-state index contributed by atoms with van der Waals surface area (Å²) in [7, 11) is -2.36. The molecule has 1 amide bonds. The summed E-state index contributed by atoms with van der Waals surface area (Å²) in [5.74, 6) is 0.447. The molecule has 2 aromatic rings. The summed E-state index contributed by atoms with van der Waals surface area (Å²) in [6.07, 6.45) is 4.21. The van der Waals surface area contributed by atoms with Crippen LogP contribution >= 0.6 is 0 Å². The highest BCUT2D eigenvalue weighted by molar-refractivity contribution is 7.89. The molecule has 2 aliphatic heterocycles. The van der Waals surface area contributed by atoms with E-state index in [0.717, 1.165) is 6.07 Å². The van der Waals surface area contributed by atoms with E-state index in [1.807, 2.05) is 9.80 Å². The molecule has 4 rings (SSSR count). The van der Waals surface area contributed by atoms with Gasteiger partial charge in [-0.3, -0.25) is 14.9 Å². The molecule has 0 saturated carbocycles. The van der Waals surface area contributed by atoms with Crippen molar-refractivity contribution in [3.8, 4) is 0 Å². The molecule has 13 heteroatoms. The molecule has 2 aliphatic rings. The molecule has 0 radical (unpaired) electrons. The molecule has 2 saturated heterocycles. The van der Waals surface area contributed by atoms with Crippen LogP contribution in [0.4, 0.5) is 17.3 Å². The van der Waals surface area contributed by atoms with Crippen molar-refractivity contribution in [1.29, 1.82) is 0 Å². The largest absolute Gasteiger partial charge is 0.383 e. The molecule has 2 fully saturated rings. The summed E-state index contributed by atoms with van der Waals surface area (Å²) < 4.78 is 27.5. The third-order valence-corrected chi connectivity index (χ3v) is 8.20. The van der Waals surface area contributed by atoms with Gasteiger partial charge < -0.3 is 15.1 Å². The lowest BCUT2D eigenvalue weighted by Crippen LogP contribution is -2.52. The first-order valence-electron chi connectivity index (χ1n) is 11.1. The Morgan fingerprint density at radius 1 is 1.09 bits per heavy atom. The van der Waals surface area contributed by atoms with Crippen molar-refractivity contribution >= 4 is 33.3 Å². The molecule has 0 unspecified atom stereocenters. The minimum atomic E-state index is -3.90. The SMILES string of the molecule is CNc1ccc(S(=O)(=O)N2CCC(C(=O)N3CCN(c4ncccn4)CC3)CC2)cc1[N+](=O)[O-]. The van der Waals surface area contributed by atoms with E-state index in [2.05, 4.69) is 15.3 Å². The van der Waals surface area contributed by atoms with E-state index < -0.39 is 14.9 Å². The van der Waals surface area contributed by atoms with Gasteiger partial charge in [-0.2, -0.15) is 4.31 Å². The number of nitro groups is 1. The molecular formula is C21H27N7O5S. The molecule has 182 valence electrons. The van der Waals surface area contributed by atoms with E-state index in [-0.39, 0.29) is 41.2 Å². The van der Waals surface area contributed by atoms with Crippen LogP contribution in [0.25, 0.3) is 0 Å². The topological polar surface area (TPSA) is 142 Å². The lowest BCUT2D eigenvalue weighted by atomic mass is 9.96. The first-order chi connectivity index (χ1) is 16.3. The van der Waals surface area contributed by atoms with Crippen LogP contribution in [0.1, 0.15) is 12.8 Å². The summed E-state index contributed by atoms with van der Waals surface area (Å²) >= 11 is 0. The van der Waals surface area contributed by atoms with E-state index in [0.29, 0.717) is 45.0 Å². The maximum absolute atomic E-state index is 13.1. The number of nitrogens with one attached hydrogen (secondary N) is 1. The zero-order chi connectivity index (χ0) is 24.3. The summed E-state index contributed by atoms with van der Waals surface area (Å²) in [6, 6.07) is 5.59. The molecule has 1 aromatic carbocycles. The number of amides is 1. The van der Waals surface area contributed by atoms with Crippen LogP contribution in [0.2, 0.25) is 0 Å². The van der Waals surface area contributed by atoms with Gasteiger partial charge in [0.25, 0.3) is 5.69 Å². The number of hydrogen-bond donors (Lipinski definition) is 1. The summed E-state index contributed by atoms with van der Waals surface area (Å²) in [5.41, 5.74) is -0.0548. The number of rotatable bonds is 6. The number of aromatic nitrogens is 2. The Bertz CT molecular complexity index is 1150. The van der Waals surface area contributed by atoms with E-state index in [9.17, 15) is 23.3 Å². The molecule has 0 aliphatic carbocycles. The molecular weight excluding hydrogens is 462 g/mol. The first-order valence-corrected chi connectivity index (χ1v) is 12.5. The van der Waals surface area contributed by atoms with Gasteiger partial charge in [0, 0.05) is 70.7 Å². The smallest absolute Gasteiger partial charge is 0.293 e. The average Bonchev–Trinajstić information content (AvgIpc) is 2.88. The summed E-state index contributed by atoms with van der Waals surface area (Å²) in [4.78, 5) is 36.0. The lowest BCUT2D eigenvalue weighted by molar-refractivity contribution is -0.384. The van der Waals surface area contributed by atoms with E-state index in [4.69, 9.17) is 0 Å². The minimum Gasteiger partial charge on any atom is -0.383 e. The third-order valence-electron chi connectivity index (χ3n) is 6.30. The van der Waals surface area contributed by atoms with Gasteiger partial charge in [-0.1, -0.05) is 0 Å². The van der Waals surface area contributed by atoms with Gasteiger partial charge in [0.2, 0.25) is 21.9 Å². The second-order valence-corrected chi connectivity index (χ2v) is 10.2. The van der Waals surface area contributed by atoms with Crippen molar-refractivity contribution in [2.45, 2.75) is 17.7 Å². The van der Waals surface area contributed by atoms with Crippen LogP contribution in [-0.4, -0.2) is 84.7 Å². The van der Waals surface area contributed by atoms with Crippen LogP contribution in [0.3, 0.4) is 0 Å². The first kappa shape index (κ1) is 23.8. The van der Waals surface area contributed by atoms with Crippen molar-refractivity contribution in [3.63, 3.8) is 0 Å². The van der Waals surface area contributed by atoms with Crippen LogP contribution in [0.15, 0.2) is 41.6 Å². The number of hydrogen-bond acceptors (Lipinski definition) is 9. The Morgan fingerprint density at radius 2 is 1.74 bits per heavy atom. The number of nitro benzene ring substituents is 1. The minimum absolute atomic E-state index is 0.0414. The van der Waals surface area contributed by atoms with Crippen molar-refractivity contribution < 1.29 is 18.1 Å². The normalized spacial score (nSPS) is 18.0. The van der Waals surface area contributed by atoms with Gasteiger partial charge in [-0.05, 0) is 31.0 Å². The highest BCUT2D eigenvalue weighted by atomic mass is 32.2. The monoisotopic (exact) mass is 489 g/mol. The van der Waals surface area contributed by atoms with E-state index >= 15 is 0 Å². The molecule has 12 nitrogen and oxygen atoms in total. The zero-order valence-electron chi connectivity index (χ0n) is 18.8. The van der Waals surface area contributed by atoms with Gasteiger partial charge in [0.15, 0.2) is 0 Å². The average molecular weight is 490 g/mol. The maximum atomic E-state index is 13.1. The molecule has 34 heavy (non-hydrogen) atoms. The third kappa shape index (κ3) is 4.80. The van der Waals surface area contributed by atoms with Gasteiger partial charge in [0.1, 0.15) is 5.69 Å². The molecule has 0 bridgehead atoms. The summed E-state index contributed by atoms with van der Waals surface area (Å²) in [6.45, 7) is 2.80. The number of sulfonamides is 1. The Labute approximate surface area is 197 Å². The van der Waals surface area contributed by atoms with Gasteiger partial charge in [-0.15, -0.1) is 0 Å². The van der Waals surface area contributed by atoms with Crippen LogP contribution in [-0.2, 0) is 14.8 Å². The Kier molecular flexibility index (Phi) is 6.93.